The molecule has 19 heteroatoms. The molecular formula is C67H130O17P2. The molecule has 0 fully saturated rings. The Kier molecular flexibility index (Phi) is 58.0. The molecule has 0 spiro atoms. The minimum Gasteiger partial charge on any atom is -0.462 e. The quantitative estimate of drug-likeness (QED) is 0.0222. The molecule has 0 rings (SSSR count). The first-order valence-electron chi connectivity index (χ1n) is 35.0. The molecule has 0 aromatic heterocycles. The predicted molar refractivity (Wildman–Crippen MR) is 345 cm³/mol. The number of esters is 4. The van der Waals surface area contributed by atoms with Crippen LogP contribution in [0.4, 0.5) is 0 Å². The molecule has 0 aliphatic heterocycles. The first kappa shape index (κ1) is 84.1. The molecule has 17 nitrogen and oxygen atoms in total. The number of hydrogen-bond acceptors (Lipinski definition) is 15. The Hall–Kier alpha value is -1.94. The molecule has 5 atom stereocenters. The van der Waals surface area contributed by atoms with Crippen molar-refractivity contribution in [3.05, 3.63) is 0 Å². The van der Waals surface area contributed by atoms with Gasteiger partial charge < -0.3 is 33.8 Å². The van der Waals surface area contributed by atoms with Crippen molar-refractivity contribution >= 4 is 39.5 Å². The van der Waals surface area contributed by atoms with Crippen molar-refractivity contribution < 1.29 is 80.2 Å². The van der Waals surface area contributed by atoms with Gasteiger partial charge in [0.25, 0.3) is 0 Å². The maximum absolute atomic E-state index is 13.0. The van der Waals surface area contributed by atoms with Gasteiger partial charge in [-0.1, -0.05) is 286 Å². The zero-order chi connectivity index (χ0) is 63.6. The molecule has 0 saturated carbocycles. The number of phosphoric ester groups is 2. The van der Waals surface area contributed by atoms with Gasteiger partial charge in [0.05, 0.1) is 26.4 Å². The summed E-state index contributed by atoms with van der Waals surface area (Å²) in [4.78, 5) is 72.3. The molecule has 0 aliphatic carbocycles. The summed E-state index contributed by atoms with van der Waals surface area (Å²) in [7, 11) is -9.89. The van der Waals surface area contributed by atoms with Crippen LogP contribution in [0.2, 0.25) is 0 Å². The van der Waals surface area contributed by atoms with E-state index in [1.54, 1.807) is 0 Å². The lowest BCUT2D eigenvalue weighted by molar-refractivity contribution is -0.161. The zero-order valence-electron chi connectivity index (χ0n) is 55.6. The predicted octanol–water partition coefficient (Wildman–Crippen LogP) is 18.8. The molecular weight excluding hydrogens is 1140 g/mol. The normalized spacial score (nSPS) is 14.2. The van der Waals surface area contributed by atoms with Gasteiger partial charge >= 0.3 is 39.5 Å². The van der Waals surface area contributed by atoms with E-state index in [9.17, 15) is 43.2 Å². The Balaban J connectivity index is 5.20. The molecule has 3 N–H and O–H groups in total. The third-order valence-corrected chi connectivity index (χ3v) is 17.4. The standard InChI is InChI=1S/C67H130O17P2/c1-7-9-11-13-15-17-22-27-31-38-44-50-65(70)78-55-62(83-66(71)51-45-39-32-28-24-21-19-18-20-23-26-29-35-41-47-59(3)4)57-81-85(73,74)79-53-61(68)54-80-86(75,76)82-58-63(84-67(72)52-46-40-34-33-36-42-48-60(5)6)56-77-64(69)49-43-37-30-25-16-14-12-10-8-2/h59-63,68H,7-58H2,1-6H3,(H,73,74)(H,75,76)/t61-,62-,63-/m1/s1. The second kappa shape index (κ2) is 59.4. The highest BCUT2D eigenvalue weighted by Crippen LogP contribution is 2.45. The summed E-state index contributed by atoms with van der Waals surface area (Å²) in [5.41, 5.74) is 0. The molecule has 0 bridgehead atoms. The van der Waals surface area contributed by atoms with E-state index in [2.05, 4.69) is 41.5 Å². The van der Waals surface area contributed by atoms with Crippen LogP contribution in [0.5, 0.6) is 0 Å². The fourth-order valence-electron chi connectivity index (χ4n) is 10.1. The second-order valence-corrected chi connectivity index (χ2v) is 28.1. The number of aliphatic hydroxyl groups is 1. The van der Waals surface area contributed by atoms with Crippen LogP contribution in [-0.4, -0.2) is 96.7 Å². The molecule has 0 saturated heterocycles. The van der Waals surface area contributed by atoms with Gasteiger partial charge in [0.15, 0.2) is 12.2 Å². The molecule has 0 aliphatic rings. The Morgan fingerprint density at radius 1 is 0.314 bits per heavy atom. The Morgan fingerprint density at radius 2 is 0.535 bits per heavy atom. The van der Waals surface area contributed by atoms with Crippen molar-refractivity contribution in [3.8, 4) is 0 Å². The van der Waals surface area contributed by atoms with E-state index in [1.807, 2.05) is 0 Å². The average Bonchev–Trinajstić information content (AvgIpc) is 3.57. The SMILES string of the molecule is CCCCCCCCCCCCCC(=O)OC[C@H](COP(=O)(O)OC[C@@H](O)COP(=O)(O)OC[C@@H](COC(=O)CCCCCCCCCCC)OC(=O)CCCCCCCCC(C)C)OC(=O)CCCCCCCCCCCCCCCCC(C)C. The van der Waals surface area contributed by atoms with Crippen LogP contribution in [0.15, 0.2) is 0 Å². The van der Waals surface area contributed by atoms with Gasteiger partial charge in [-0.05, 0) is 37.5 Å². The number of aliphatic hydroxyl groups excluding tert-OH is 1. The van der Waals surface area contributed by atoms with Crippen molar-refractivity contribution in [2.24, 2.45) is 11.8 Å². The highest BCUT2D eigenvalue weighted by molar-refractivity contribution is 7.47. The molecule has 510 valence electrons. The maximum Gasteiger partial charge on any atom is 0.472 e. The minimum absolute atomic E-state index is 0.102. The van der Waals surface area contributed by atoms with Gasteiger partial charge in [-0.2, -0.15) is 0 Å². The van der Waals surface area contributed by atoms with Crippen molar-refractivity contribution in [2.45, 2.75) is 355 Å². The van der Waals surface area contributed by atoms with Crippen LogP contribution in [0.3, 0.4) is 0 Å². The van der Waals surface area contributed by atoms with E-state index in [0.29, 0.717) is 31.6 Å². The van der Waals surface area contributed by atoms with E-state index in [4.69, 9.17) is 37.0 Å². The lowest BCUT2D eigenvalue weighted by Gasteiger charge is -2.21. The molecule has 0 amide bonds. The van der Waals surface area contributed by atoms with Crippen molar-refractivity contribution in [1.29, 1.82) is 0 Å². The minimum atomic E-state index is -4.95. The van der Waals surface area contributed by atoms with Crippen LogP contribution >= 0.6 is 15.6 Å². The smallest absolute Gasteiger partial charge is 0.462 e. The van der Waals surface area contributed by atoms with E-state index >= 15 is 0 Å². The van der Waals surface area contributed by atoms with Crippen LogP contribution in [0.1, 0.15) is 337 Å². The zero-order valence-corrected chi connectivity index (χ0v) is 57.4. The van der Waals surface area contributed by atoms with Gasteiger partial charge in [-0.15, -0.1) is 0 Å². The van der Waals surface area contributed by atoms with Gasteiger partial charge in [0, 0.05) is 25.7 Å². The molecule has 2 unspecified atom stereocenters. The summed E-state index contributed by atoms with van der Waals surface area (Å²) in [6.45, 7) is 9.43. The first-order valence-corrected chi connectivity index (χ1v) is 38.0. The number of carbonyl (C=O) groups is 4. The number of carbonyl (C=O) groups excluding carboxylic acids is 4. The lowest BCUT2D eigenvalue weighted by atomic mass is 10.0. The number of unbranched alkanes of at least 4 members (excludes halogenated alkanes) is 36. The fourth-order valence-corrected chi connectivity index (χ4v) is 11.6. The summed E-state index contributed by atoms with van der Waals surface area (Å²) in [6.07, 6.45) is 43.2. The summed E-state index contributed by atoms with van der Waals surface area (Å²) in [5, 5.41) is 10.5. The molecule has 86 heavy (non-hydrogen) atoms. The first-order chi connectivity index (χ1) is 41.4. The van der Waals surface area contributed by atoms with E-state index in [-0.39, 0.29) is 25.7 Å². The van der Waals surface area contributed by atoms with E-state index < -0.39 is 97.5 Å². The van der Waals surface area contributed by atoms with Crippen LogP contribution in [0, 0.1) is 11.8 Å². The highest BCUT2D eigenvalue weighted by atomic mass is 31.2. The number of ether oxygens (including phenoxy) is 4. The molecule has 0 radical (unpaired) electrons. The van der Waals surface area contributed by atoms with Crippen molar-refractivity contribution in [1.82, 2.24) is 0 Å². The van der Waals surface area contributed by atoms with Crippen LogP contribution in [0.25, 0.3) is 0 Å². The summed E-state index contributed by atoms with van der Waals surface area (Å²) >= 11 is 0. The summed E-state index contributed by atoms with van der Waals surface area (Å²) < 4.78 is 68.1. The number of phosphoric acid groups is 2. The van der Waals surface area contributed by atoms with E-state index in [1.165, 1.54) is 154 Å². The van der Waals surface area contributed by atoms with Crippen LogP contribution < -0.4 is 0 Å². The largest absolute Gasteiger partial charge is 0.472 e. The van der Waals surface area contributed by atoms with Gasteiger partial charge in [-0.25, -0.2) is 9.13 Å². The highest BCUT2D eigenvalue weighted by Gasteiger charge is 2.30. The number of hydrogen-bond donors (Lipinski definition) is 3. The van der Waals surface area contributed by atoms with Gasteiger partial charge in [0.1, 0.15) is 19.3 Å². The van der Waals surface area contributed by atoms with Gasteiger partial charge in [-0.3, -0.25) is 37.3 Å². The topological polar surface area (TPSA) is 237 Å². The average molecular weight is 1270 g/mol. The summed E-state index contributed by atoms with van der Waals surface area (Å²) in [5.74, 6) is -0.669. The van der Waals surface area contributed by atoms with Crippen molar-refractivity contribution in [2.75, 3.05) is 39.6 Å². The Bertz CT molecular complexity index is 1680. The third kappa shape index (κ3) is 60.9. The maximum atomic E-state index is 13.0. The second-order valence-electron chi connectivity index (χ2n) is 25.2. The van der Waals surface area contributed by atoms with Crippen LogP contribution in [-0.2, 0) is 65.4 Å². The Morgan fingerprint density at radius 3 is 0.791 bits per heavy atom. The third-order valence-electron chi connectivity index (χ3n) is 15.5. The molecule has 0 aromatic carbocycles. The fraction of sp³-hybridized carbons (Fsp3) is 0.940. The summed E-state index contributed by atoms with van der Waals surface area (Å²) in [6, 6.07) is 0. The van der Waals surface area contributed by atoms with E-state index in [0.717, 1.165) is 95.8 Å². The van der Waals surface area contributed by atoms with Gasteiger partial charge in [0.2, 0.25) is 0 Å². The molecule has 0 heterocycles. The Labute approximate surface area is 524 Å². The molecule has 0 aromatic rings. The number of rotatable bonds is 66. The van der Waals surface area contributed by atoms with Crippen molar-refractivity contribution in [3.63, 3.8) is 0 Å². The monoisotopic (exact) mass is 1270 g/mol. The lowest BCUT2D eigenvalue weighted by Crippen LogP contribution is -2.30.